The zero-order valence-corrected chi connectivity index (χ0v) is 13.5. The number of carbonyl (C=O) groups excluding carboxylic acids is 1. The van der Waals surface area contributed by atoms with Crippen molar-refractivity contribution in [3.05, 3.63) is 88.5 Å². The predicted octanol–water partition coefficient (Wildman–Crippen LogP) is 3.65. The van der Waals surface area contributed by atoms with Crippen molar-refractivity contribution in [1.82, 2.24) is 15.1 Å². The number of rotatable bonds is 5. The predicted molar refractivity (Wildman–Crippen MR) is 90.4 cm³/mol. The first-order valence-corrected chi connectivity index (χ1v) is 7.79. The van der Waals surface area contributed by atoms with Crippen LogP contribution in [0.15, 0.2) is 60.9 Å². The van der Waals surface area contributed by atoms with Crippen LogP contribution in [0, 0.1) is 5.82 Å². The van der Waals surface area contributed by atoms with Crippen molar-refractivity contribution in [1.29, 1.82) is 0 Å². The van der Waals surface area contributed by atoms with E-state index in [1.807, 2.05) is 36.5 Å². The zero-order valence-electron chi connectivity index (χ0n) is 12.7. The van der Waals surface area contributed by atoms with Crippen LogP contribution in [0.2, 0.25) is 5.02 Å². The highest BCUT2D eigenvalue weighted by Gasteiger charge is 2.12. The molecule has 0 spiro atoms. The van der Waals surface area contributed by atoms with Gasteiger partial charge in [-0.05, 0) is 35.4 Å². The van der Waals surface area contributed by atoms with Crippen LogP contribution in [0.5, 0.6) is 0 Å². The molecule has 0 fully saturated rings. The monoisotopic (exact) mass is 343 g/mol. The third-order valence-corrected chi connectivity index (χ3v) is 3.86. The number of benzene rings is 2. The lowest BCUT2D eigenvalue weighted by molar-refractivity contribution is 0.0947. The molecule has 6 heteroatoms. The molecule has 0 saturated carbocycles. The molecule has 2 aromatic carbocycles. The molecule has 1 N–H and O–H groups in total. The Kier molecular flexibility index (Phi) is 4.91. The van der Waals surface area contributed by atoms with E-state index in [9.17, 15) is 9.18 Å². The summed E-state index contributed by atoms with van der Waals surface area (Å²) in [6.45, 7) is 0.909. The van der Waals surface area contributed by atoms with Crippen molar-refractivity contribution in [2.75, 3.05) is 0 Å². The van der Waals surface area contributed by atoms with Crippen LogP contribution in [-0.2, 0) is 13.1 Å². The summed E-state index contributed by atoms with van der Waals surface area (Å²) >= 11 is 5.70. The summed E-state index contributed by atoms with van der Waals surface area (Å²) in [6.07, 6.45) is 3.59. The van der Waals surface area contributed by atoms with Gasteiger partial charge in [0, 0.05) is 24.0 Å². The Morgan fingerprint density at radius 1 is 1.17 bits per heavy atom. The largest absolute Gasteiger partial charge is 0.348 e. The van der Waals surface area contributed by atoms with E-state index in [2.05, 4.69) is 10.4 Å². The van der Waals surface area contributed by atoms with Crippen LogP contribution in [-0.4, -0.2) is 15.7 Å². The second-order valence-electron chi connectivity index (χ2n) is 5.28. The number of nitrogens with one attached hydrogen (secondary N) is 1. The molecule has 24 heavy (non-hydrogen) atoms. The van der Waals surface area contributed by atoms with Crippen LogP contribution < -0.4 is 5.32 Å². The lowest BCUT2D eigenvalue weighted by atomic mass is 10.1. The summed E-state index contributed by atoms with van der Waals surface area (Å²) < 4.78 is 15.6. The topological polar surface area (TPSA) is 46.9 Å². The van der Waals surface area contributed by atoms with Gasteiger partial charge in [-0.3, -0.25) is 9.48 Å². The Labute approximate surface area is 143 Å². The molecule has 1 amide bonds. The number of hydrogen-bond acceptors (Lipinski definition) is 2. The van der Waals surface area contributed by atoms with Gasteiger partial charge in [-0.2, -0.15) is 5.10 Å². The number of hydrogen-bond donors (Lipinski definition) is 1. The molecule has 1 aromatic heterocycles. The SMILES string of the molecule is O=C(NCc1ccccc1Cn1cccn1)c1ccc(Cl)cc1F. The van der Waals surface area contributed by atoms with Gasteiger partial charge >= 0.3 is 0 Å². The molecule has 4 nitrogen and oxygen atoms in total. The van der Waals surface area contributed by atoms with Gasteiger partial charge in [-0.1, -0.05) is 35.9 Å². The van der Waals surface area contributed by atoms with E-state index < -0.39 is 11.7 Å². The van der Waals surface area contributed by atoms with E-state index in [1.54, 1.807) is 10.9 Å². The number of aromatic nitrogens is 2. The van der Waals surface area contributed by atoms with Gasteiger partial charge in [0.2, 0.25) is 0 Å². The van der Waals surface area contributed by atoms with Crippen LogP contribution >= 0.6 is 11.6 Å². The van der Waals surface area contributed by atoms with E-state index in [-0.39, 0.29) is 10.6 Å². The highest BCUT2D eigenvalue weighted by Crippen LogP contribution is 2.15. The maximum absolute atomic E-state index is 13.8. The molecule has 3 rings (SSSR count). The summed E-state index contributed by atoms with van der Waals surface area (Å²) in [5, 5.41) is 7.18. The summed E-state index contributed by atoms with van der Waals surface area (Å²) in [5.41, 5.74) is 1.97. The normalized spacial score (nSPS) is 10.6. The molecule has 0 atom stereocenters. The Morgan fingerprint density at radius 3 is 2.67 bits per heavy atom. The molecule has 0 bridgehead atoms. The van der Waals surface area contributed by atoms with Gasteiger partial charge < -0.3 is 5.32 Å². The number of amides is 1. The van der Waals surface area contributed by atoms with Crippen molar-refractivity contribution in [2.45, 2.75) is 13.1 Å². The molecular weight excluding hydrogens is 329 g/mol. The fourth-order valence-corrected chi connectivity index (χ4v) is 2.56. The van der Waals surface area contributed by atoms with Gasteiger partial charge in [0.25, 0.3) is 5.91 Å². The van der Waals surface area contributed by atoms with Gasteiger partial charge in [-0.15, -0.1) is 0 Å². The zero-order chi connectivity index (χ0) is 16.9. The Morgan fingerprint density at radius 2 is 1.96 bits per heavy atom. The molecular formula is C18H15ClFN3O. The minimum absolute atomic E-state index is 0.0241. The van der Waals surface area contributed by atoms with E-state index in [0.29, 0.717) is 13.1 Å². The number of halogens is 2. The first-order valence-electron chi connectivity index (χ1n) is 7.41. The summed E-state index contributed by atoms with van der Waals surface area (Å²) in [6, 6.07) is 13.6. The van der Waals surface area contributed by atoms with Crippen molar-refractivity contribution in [3.63, 3.8) is 0 Å². The van der Waals surface area contributed by atoms with Crippen LogP contribution in [0.1, 0.15) is 21.5 Å². The fraction of sp³-hybridized carbons (Fsp3) is 0.111. The molecule has 122 valence electrons. The van der Waals surface area contributed by atoms with Crippen molar-refractivity contribution >= 4 is 17.5 Å². The van der Waals surface area contributed by atoms with Crippen molar-refractivity contribution in [2.24, 2.45) is 0 Å². The van der Waals surface area contributed by atoms with Crippen LogP contribution in [0.3, 0.4) is 0 Å². The molecule has 0 radical (unpaired) electrons. The van der Waals surface area contributed by atoms with Gasteiger partial charge in [0.1, 0.15) is 5.82 Å². The third-order valence-electron chi connectivity index (χ3n) is 3.63. The average molecular weight is 344 g/mol. The van der Waals surface area contributed by atoms with Crippen molar-refractivity contribution < 1.29 is 9.18 Å². The molecule has 3 aromatic rings. The minimum Gasteiger partial charge on any atom is -0.348 e. The molecule has 0 aliphatic rings. The molecule has 1 heterocycles. The summed E-state index contributed by atoms with van der Waals surface area (Å²) in [7, 11) is 0. The summed E-state index contributed by atoms with van der Waals surface area (Å²) in [5.74, 6) is -1.11. The number of nitrogens with zero attached hydrogens (tertiary/aromatic N) is 2. The first-order chi connectivity index (χ1) is 11.6. The molecule has 0 aliphatic heterocycles. The van der Waals surface area contributed by atoms with E-state index >= 15 is 0 Å². The highest BCUT2D eigenvalue weighted by atomic mass is 35.5. The van der Waals surface area contributed by atoms with E-state index in [1.165, 1.54) is 12.1 Å². The second-order valence-corrected chi connectivity index (χ2v) is 5.72. The second kappa shape index (κ2) is 7.27. The van der Waals surface area contributed by atoms with E-state index in [4.69, 9.17) is 11.6 Å². The lowest BCUT2D eigenvalue weighted by Crippen LogP contribution is -2.24. The Hall–Kier alpha value is -2.66. The van der Waals surface area contributed by atoms with Gasteiger partial charge in [-0.25, -0.2) is 4.39 Å². The maximum Gasteiger partial charge on any atom is 0.254 e. The Bertz CT molecular complexity index is 849. The molecule has 0 saturated heterocycles. The molecule has 0 unspecified atom stereocenters. The quantitative estimate of drug-likeness (QED) is 0.768. The van der Waals surface area contributed by atoms with Crippen molar-refractivity contribution in [3.8, 4) is 0 Å². The minimum atomic E-state index is -0.634. The Balaban J connectivity index is 1.71. The smallest absolute Gasteiger partial charge is 0.254 e. The average Bonchev–Trinajstić information content (AvgIpc) is 3.07. The van der Waals surface area contributed by atoms with E-state index in [0.717, 1.165) is 17.2 Å². The standard InChI is InChI=1S/C18H15ClFN3O/c19-15-6-7-16(17(20)10-15)18(24)21-11-13-4-1-2-5-14(13)12-23-9-3-8-22-23/h1-10H,11-12H2,(H,21,24). The van der Waals surface area contributed by atoms with Crippen LogP contribution in [0.4, 0.5) is 4.39 Å². The number of carbonyl (C=O) groups is 1. The third kappa shape index (κ3) is 3.81. The lowest BCUT2D eigenvalue weighted by Gasteiger charge is -2.11. The van der Waals surface area contributed by atoms with Gasteiger partial charge in [0.05, 0.1) is 12.1 Å². The molecule has 0 aliphatic carbocycles. The van der Waals surface area contributed by atoms with Gasteiger partial charge in [0.15, 0.2) is 0 Å². The summed E-state index contributed by atoms with van der Waals surface area (Å²) in [4.78, 5) is 12.2. The first kappa shape index (κ1) is 16.2. The maximum atomic E-state index is 13.8. The highest BCUT2D eigenvalue weighted by molar-refractivity contribution is 6.30. The van der Waals surface area contributed by atoms with Crippen LogP contribution in [0.25, 0.3) is 0 Å². The fourth-order valence-electron chi connectivity index (χ4n) is 2.40.